The normalized spacial score (nSPS) is 12.1. The maximum absolute atomic E-state index is 11.7. The van der Waals surface area contributed by atoms with Gasteiger partial charge in [0.1, 0.15) is 6.54 Å². The van der Waals surface area contributed by atoms with Gasteiger partial charge >= 0.3 is 5.97 Å². The molecule has 0 aromatic carbocycles. The number of nitrogens with zero attached hydrogens (tertiary/aromatic N) is 2. The highest BCUT2D eigenvalue weighted by atomic mass is 16.4. The third kappa shape index (κ3) is 4.99. The number of rotatable bonds is 7. The Kier molecular flexibility index (Phi) is 5.35. The summed E-state index contributed by atoms with van der Waals surface area (Å²) in [5, 5.41) is 15.2. The van der Waals surface area contributed by atoms with E-state index in [0.717, 1.165) is 12.8 Å². The van der Waals surface area contributed by atoms with Gasteiger partial charge in [0.25, 0.3) is 0 Å². The fourth-order valence-corrected chi connectivity index (χ4v) is 1.76. The van der Waals surface area contributed by atoms with Gasteiger partial charge in [-0.2, -0.15) is 5.10 Å². The number of hydrogen-bond donors (Lipinski definition) is 2. The van der Waals surface area contributed by atoms with Gasteiger partial charge in [0.15, 0.2) is 5.82 Å². The molecule has 0 aliphatic heterocycles. The van der Waals surface area contributed by atoms with Crippen LogP contribution in [0.5, 0.6) is 0 Å². The molecule has 2 N–H and O–H groups in total. The summed E-state index contributed by atoms with van der Waals surface area (Å²) in [7, 11) is 0. The first-order chi connectivity index (χ1) is 8.51. The number of carboxylic acids is 1. The van der Waals surface area contributed by atoms with Crippen molar-refractivity contribution in [3.8, 4) is 0 Å². The second-order valence-corrected chi connectivity index (χ2v) is 4.44. The third-order valence-electron chi connectivity index (χ3n) is 2.52. The topological polar surface area (TPSA) is 84.2 Å². The molecule has 1 heterocycles. The van der Waals surface area contributed by atoms with Crippen molar-refractivity contribution in [1.29, 1.82) is 0 Å². The molecule has 0 aliphatic rings. The molecule has 0 fully saturated rings. The molecule has 1 unspecified atom stereocenters. The quantitative estimate of drug-likeness (QED) is 0.775. The molecule has 0 radical (unpaired) electrons. The summed E-state index contributed by atoms with van der Waals surface area (Å²) < 4.78 is 1.27. The molecule has 0 aliphatic carbocycles. The second kappa shape index (κ2) is 6.78. The molecule has 6 nitrogen and oxygen atoms in total. The van der Waals surface area contributed by atoms with Gasteiger partial charge in [0.05, 0.1) is 0 Å². The fraction of sp³-hybridized carbons (Fsp3) is 0.583. The standard InChI is InChI=1S/C12H19N3O3/c1-3-4-9(2)7-11(16)13-10-5-6-15(14-10)8-12(17)18/h5-6,9H,3-4,7-8H2,1-2H3,(H,17,18)(H,13,14,16). The van der Waals surface area contributed by atoms with Crippen LogP contribution >= 0.6 is 0 Å². The van der Waals surface area contributed by atoms with Crippen LogP contribution in [0.25, 0.3) is 0 Å². The fourth-order valence-electron chi connectivity index (χ4n) is 1.76. The van der Waals surface area contributed by atoms with E-state index in [2.05, 4.69) is 17.3 Å². The minimum atomic E-state index is -0.965. The lowest BCUT2D eigenvalue weighted by Gasteiger charge is -2.08. The molecule has 1 rings (SSSR count). The van der Waals surface area contributed by atoms with Crippen molar-refractivity contribution < 1.29 is 14.7 Å². The number of nitrogens with one attached hydrogen (secondary N) is 1. The van der Waals surface area contributed by atoms with Crippen molar-refractivity contribution in [3.63, 3.8) is 0 Å². The molecular weight excluding hydrogens is 234 g/mol. The van der Waals surface area contributed by atoms with E-state index in [4.69, 9.17) is 5.11 Å². The second-order valence-electron chi connectivity index (χ2n) is 4.44. The summed E-state index contributed by atoms with van der Waals surface area (Å²) in [6.45, 7) is 3.91. The first-order valence-electron chi connectivity index (χ1n) is 6.06. The van der Waals surface area contributed by atoms with Gasteiger partial charge in [-0.1, -0.05) is 26.7 Å². The number of carbonyl (C=O) groups is 2. The number of aliphatic carboxylic acids is 1. The zero-order valence-corrected chi connectivity index (χ0v) is 10.7. The van der Waals surface area contributed by atoms with Crippen LogP contribution in [-0.2, 0) is 16.1 Å². The largest absolute Gasteiger partial charge is 0.480 e. The molecule has 100 valence electrons. The molecule has 0 spiro atoms. The van der Waals surface area contributed by atoms with E-state index in [0.29, 0.717) is 18.2 Å². The van der Waals surface area contributed by atoms with Crippen LogP contribution in [0, 0.1) is 5.92 Å². The van der Waals surface area contributed by atoms with Gasteiger partial charge in [0, 0.05) is 18.7 Å². The number of carbonyl (C=O) groups excluding carboxylic acids is 1. The highest BCUT2D eigenvalue weighted by Gasteiger charge is 2.10. The van der Waals surface area contributed by atoms with Crippen molar-refractivity contribution in [2.24, 2.45) is 5.92 Å². The number of carboxylic acid groups (broad SMARTS) is 1. The van der Waals surface area contributed by atoms with Gasteiger partial charge in [-0.3, -0.25) is 14.3 Å². The van der Waals surface area contributed by atoms with Crippen LogP contribution in [0.1, 0.15) is 33.1 Å². The Bertz CT molecular complexity index is 414. The van der Waals surface area contributed by atoms with Gasteiger partial charge in [-0.15, -0.1) is 0 Å². The Labute approximate surface area is 106 Å². The highest BCUT2D eigenvalue weighted by molar-refractivity contribution is 5.89. The van der Waals surface area contributed by atoms with Gasteiger partial charge in [-0.25, -0.2) is 0 Å². The number of amides is 1. The van der Waals surface area contributed by atoms with Crippen molar-refractivity contribution in [2.45, 2.75) is 39.7 Å². The molecule has 1 amide bonds. The zero-order chi connectivity index (χ0) is 13.5. The third-order valence-corrected chi connectivity index (χ3v) is 2.52. The molecular formula is C12H19N3O3. The Hall–Kier alpha value is -1.85. The maximum Gasteiger partial charge on any atom is 0.325 e. The molecule has 1 aromatic rings. The van der Waals surface area contributed by atoms with E-state index in [-0.39, 0.29) is 12.5 Å². The van der Waals surface area contributed by atoms with Crippen molar-refractivity contribution in [1.82, 2.24) is 9.78 Å². The molecule has 18 heavy (non-hydrogen) atoms. The van der Waals surface area contributed by atoms with Crippen molar-refractivity contribution in [3.05, 3.63) is 12.3 Å². The molecule has 0 saturated carbocycles. The number of hydrogen-bond acceptors (Lipinski definition) is 3. The van der Waals surface area contributed by atoms with E-state index in [1.54, 1.807) is 6.07 Å². The van der Waals surface area contributed by atoms with Crippen LogP contribution in [0.4, 0.5) is 5.82 Å². The van der Waals surface area contributed by atoms with Crippen molar-refractivity contribution >= 4 is 17.7 Å². The summed E-state index contributed by atoms with van der Waals surface area (Å²) >= 11 is 0. The Balaban J connectivity index is 2.44. The summed E-state index contributed by atoms with van der Waals surface area (Å²) in [5.74, 6) is -0.315. The van der Waals surface area contributed by atoms with Gasteiger partial charge < -0.3 is 10.4 Å². The summed E-state index contributed by atoms with van der Waals surface area (Å²) in [6.07, 6.45) is 4.06. The van der Waals surface area contributed by atoms with E-state index < -0.39 is 5.97 Å². The summed E-state index contributed by atoms with van der Waals surface area (Å²) in [5.41, 5.74) is 0. The van der Waals surface area contributed by atoms with E-state index in [1.165, 1.54) is 10.9 Å². The van der Waals surface area contributed by atoms with Crippen LogP contribution in [0.15, 0.2) is 12.3 Å². The smallest absolute Gasteiger partial charge is 0.325 e. The van der Waals surface area contributed by atoms with Gasteiger partial charge in [-0.05, 0) is 5.92 Å². The predicted molar refractivity (Wildman–Crippen MR) is 67.2 cm³/mol. The minimum Gasteiger partial charge on any atom is -0.480 e. The molecule has 6 heteroatoms. The SMILES string of the molecule is CCCC(C)CC(=O)Nc1ccn(CC(=O)O)n1. The van der Waals surface area contributed by atoms with Crippen LogP contribution in [0.2, 0.25) is 0 Å². The minimum absolute atomic E-state index is 0.0866. The van der Waals surface area contributed by atoms with E-state index in [9.17, 15) is 9.59 Å². The van der Waals surface area contributed by atoms with E-state index >= 15 is 0 Å². The zero-order valence-electron chi connectivity index (χ0n) is 10.7. The Morgan fingerprint density at radius 1 is 1.56 bits per heavy atom. The molecule has 0 saturated heterocycles. The first-order valence-corrected chi connectivity index (χ1v) is 6.06. The number of aromatic nitrogens is 2. The highest BCUT2D eigenvalue weighted by Crippen LogP contribution is 2.11. The van der Waals surface area contributed by atoms with E-state index in [1.807, 2.05) is 6.92 Å². The Morgan fingerprint density at radius 3 is 2.89 bits per heavy atom. The average molecular weight is 253 g/mol. The number of anilines is 1. The molecule has 0 bridgehead atoms. The lowest BCUT2D eigenvalue weighted by atomic mass is 10.0. The average Bonchev–Trinajstić information content (AvgIpc) is 2.64. The van der Waals surface area contributed by atoms with Crippen LogP contribution < -0.4 is 5.32 Å². The Morgan fingerprint density at radius 2 is 2.28 bits per heavy atom. The molecule has 1 atom stereocenters. The molecule has 1 aromatic heterocycles. The van der Waals surface area contributed by atoms with Crippen LogP contribution in [-0.4, -0.2) is 26.8 Å². The first kappa shape index (κ1) is 14.2. The maximum atomic E-state index is 11.7. The predicted octanol–water partition coefficient (Wildman–Crippen LogP) is 1.73. The monoisotopic (exact) mass is 253 g/mol. The summed E-state index contributed by atoms with van der Waals surface area (Å²) in [4.78, 5) is 22.1. The lowest BCUT2D eigenvalue weighted by molar-refractivity contribution is -0.137. The summed E-state index contributed by atoms with van der Waals surface area (Å²) in [6, 6.07) is 1.59. The lowest BCUT2D eigenvalue weighted by Crippen LogP contribution is -2.16. The van der Waals surface area contributed by atoms with Crippen LogP contribution in [0.3, 0.4) is 0 Å². The van der Waals surface area contributed by atoms with Gasteiger partial charge in [0.2, 0.25) is 5.91 Å². The van der Waals surface area contributed by atoms with Crippen molar-refractivity contribution in [2.75, 3.05) is 5.32 Å².